The van der Waals surface area contributed by atoms with Gasteiger partial charge < -0.3 is 29.7 Å². The van der Waals surface area contributed by atoms with Crippen LogP contribution < -0.4 is 15.3 Å². The maximum Gasteiger partial charge on any atom is 3.00 e. The molecular weight excluding hydrogens is 598 g/mol. The molecule has 0 aliphatic rings. The van der Waals surface area contributed by atoms with Crippen molar-refractivity contribution in [3.63, 3.8) is 0 Å². The molecule has 0 amide bonds. The normalized spacial score (nSPS) is 10.1. The monoisotopic (exact) mass is 642 g/mol. The van der Waals surface area contributed by atoms with Gasteiger partial charge in [-0.15, -0.1) is 0 Å². The van der Waals surface area contributed by atoms with E-state index >= 15 is 0 Å². The van der Waals surface area contributed by atoms with Crippen LogP contribution in [-0.4, -0.2) is 37.7 Å². The first-order chi connectivity index (χ1) is 19.1. The molecule has 0 bridgehead atoms. The fourth-order valence-electron chi connectivity index (χ4n) is 5.42. The average molecular weight is 643 g/mol. The van der Waals surface area contributed by atoms with Gasteiger partial charge in [0.25, 0.3) is 0 Å². The summed E-state index contributed by atoms with van der Waals surface area (Å²) in [6, 6.07) is 0. The molecule has 0 aromatic heterocycles. The fraction of sp³-hybridized carbons (Fsp3) is 0.417. The van der Waals surface area contributed by atoms with Gasteiger partial charge >= 0.3 is 19.8 Å². The Balaban J connectivity index is 0.000000608. The number of carbonyl (C=O) groups is 3. The van der Waals surface area contributed by atoms with E-state index in [9.17, 15) is 29.7 Å². The number of carboxylic acid groups (broad SMARTS) is 3. The molecule has 228 valence electrons. The van der Waals surface area contributed by atoms with E-state index in [-0.39, 0.29) is 19.8 Å². The smallest absolute Gasteiger partial charge is 0.545 e. The van der Waals surface area contributed by atoms with Gasteiger partial charge in [-0.3, -0.25) is 0 Å². The van der Waals surface area contributed by atoms with Crippen LogP contribution in [0.5, 0.6) is 0 Å². The second-order valence-corrected chi connectivity index (χ2v) is 11.4. The van der Waals surface area contributed by atoms with Gasteiger partial charge in [-0.2, -0.15) is 0 Å². The largest absolute Gasteiger partial charge is 3.00 e. The second kappa shape index (κ2) is 15.4. The van der Waals surface area contributed by atoms with Crippen molar-refractivity contribution < 1.29 is 29.7 Å². The predicted octanol–water partition coefficient (Wildman–Crippen LogP) is 4.40. The SMILES string of the molecule is Cc1c(C)c(C)c(C(=O)[O-])c(C)c1C.Cc1c(C)c(C)c(C(=O)[O-])c(C)c1C.Cc1c(C)c(C)c(C(=O)[O-])c(C)c1C.[Ga+3]. The van der Waals surface area contributed by atoms with E-state index in [1.807, 2.05) is 104 Å². The molecule has 0 N–H and O–H groups in total. The Morgan fingerprint density at radius 1 is 0.279 bits per heavy atom. The van der Waals surface area contributed by atoms with Crippen molar-refractivity contribution in [2.45, 2.75) is 104 Å². The summed E-state index contributed by atoms with van der Waals surface area (Å²) in [5, 5.41) is 32.8. The summed E-state index contributed by atoms with van der Waals surface area (Å²) in [5.41, 5.74) is 15.8. The number of carboxylic acids is 3. The summed E-state index contributed by atoms with van der Waals surface area (Å²) < 4.78 is 0. The third-order valence-corrected chi connectivity index (χ3v) is 9.61. The van der Waals surface area contributed by atoms with E-state index < -0.39 is 17.9 Å². The number of hydrogen-bond donors (Lipinski definition) is 0. The standard InChI is InChI=1S/3C12H16O2.Ga/c3*1-6-7(2)9(4)11(12(13)14)10(5)8(6)3;/h3*1-5H3,(H,13,14);/q;;;+3/p-3. The third kappa shape index (κ3) is 8.01. The van der Waals surface area contributed by atoms with Crippen LogP contribution in [-0.2, 0) is 0 Å². The molecule has 0 spiro atoms. The van der Waals surface area contributed by atoms with Crippen molar-refractivity contribution in [3.8, 4) is 0 Å². The number of aromatic carboxylic acids is 3. The van der Waals surface area contributed by atoms with Crippen LogP contribution in [0.25, 0.3) is 0 Å². The van der Waals surface area contributed by atoms with E-state index in [0.717, 1.165) is 66.8 Å². The van der Waals surface area contributed by atoms with Gasteiger partial charge in [0.2, 0.25) is 0 Å². The topological polar surface area (TPSA) is 120 Å². The van der Waals surface area contributed by atoms with E-state index in [2.05, 4.69) is 0 Å². The minimum atomic E-state index is -1.08. The van der Waals surface area contributed by atoms with Gasteiger partial charge in [0.15, 0.2) is 0 Å². The second-order valence-electron chi connectivity index (χ2n) is 11.4. The quantitative estimate of drug-likeness (QED) is 0.391. The molecule has 3 rings (SSSR count). The zero-order chi connectivity index (χ0) is 33.1. The van der Waals surface area contributed by atoms with Crippen molar-refractivity contribution >= 4 is 37.7 Å². The maximum absolute atomic E-state index is 10.9. The summed E-state index contributed by atoms with van der Waals surface area (Å²) >= 11 is 0. The molecular formula is C36H45GaO6. The maximum atomic E-state index is 10.9. The molecule has 0 atom stereocenters. The van der Waals surface area contributed by atoms with Crippen molar-refractivity contribution in [1.82, 2.24) is 0 Å². The molecule has 0 radical (unpaired) electrons. The van der Waals surface area contributed by atoms with E-state index in [4.69, 9.17) is 0 Å². The van der Waals surface area contributed by atoms with Crippen LogP contribution in [0.1, 0.15) is 115 Å². The minimum Gasteiger partial charge on any atom is -0.545 e. The Morgan fingerprint density at radius 3 is 0.465 bits per heavy atom. The molecule has 0 aliphatic heterocycles. The van der Waals surface area contributed by atoms with E-state index in [0.29, 0.717) is 16.7 Å². The van der Waals surface area contributed by atoms with Gasteiger partial charge in [-0.1, -0.05) is 0 Å². The Hall–Kier alpha value is -3.29. The molecule has 43 heavy (non-hydrogen) atoms. The van der Waals surface area contributed by atoms with Crippen molar-refractivity contribution in [1.29, 1.82) is 0 Å². The van der Waals surface area contributed by atoms with Gasteiger partial charge in [-0.05, 0) is 187 Å². The van der Waals surface area contributed by atoms with Crippen LogP contribution in [0.3, 0.4) is 0 Å². The average Bonchev–Trinajstić information content (AvgIpc) is 2.91. The molecule has 0 heterocycles. The molecule has 0 aliphatic carbocycles. The Morgan fingerprint density at radius 2 is 0.372 bits per heavy atom. The summed E-state index contributed by atoms with van der Waals surface area (Å²) in [7, 11) is 0. The van der Waals surface area contributed by atoms with Crippen molar-refractivity contribution in [2.75, 3.05) is 0 Å². The molecule has 0 saturated carbocycles. The first-order valence-electron chi connectivity index (χ1n) is 14.0. The summed E-state index contributed by atoms with van der Waals surface area (Å²) in [6.07, 6.45) is 0. The Labute approximate surface area is 270 Å². The predicted molar refractivity (Wildman–Crippen MR) is 169 cm³/mol. The van der Waals surface area contributed by atoms with Gasteiger partial charge in [0.1, 0.15) is 0 Å². The van der Waals surface area contributed by atoms with Crippen molar-refractivity contribution in [3.05, 3.63) is 100 Å². The Bertz CT molecular complexity index is 1320. The van der Waals surface area contributed by atoms with Crippen LogP contribution in [0.4, 0.5) is 0 Å². The van der Waals surface area contributed by atoms with Crippen LogP contribution in [0, 0.1) is 104 Å². The zero-order valence-electron chi connectivity index (χ0n) is 28.5. The van der Waals surface area contributed by atoms with Crippen LogP contribution >= 0.6 is 0 Å². The van der Waals surface area contributed by atoms with Gasteiger partial charge in [-0.25, -0.2) is 0 Å². The van der Waals surface area contributed by atoms with Crippen molar-refractivity contribution in [2.24, 2.45) is 0 Å². The minimum absolute atomic E-state index is 0. The van der Waals surface area contributed by atoms with E-state index in [1.54, 1.807) is 0 Å². The first kappa shape index (κ1) is 39.7. The van der Waals surface area contributed by atoms with Gasteiger partial charge in [0, 0.05) is 16.7 Å². The number of hydrogen-bond acceptors (Lipinski definition) is 6. The molecule has 0 unspecified atom stereocenters. The third-order valence-electron chi connectivity index (χ3n) is 9.61. The number of benzene rings is 3. The molecule has 6 nitrogen and oxygen atoms in total. The fourth-order valence-corrected chi connectivity index (χ4v) is 5.42. The summed E-state index contributed by atoms with van der Waals surface area (Å²) in [6.45, 7) is 28.7. The molecule has 0 fully saturated rings. The summed E-state index contributed by atoms with van der Waals surface area (Å²) in [4.78, 5) is 32.8. The van der Waals surface area contributed by atoms with Crippen LogP contribution in [0.15, 0.2) is 0 Å². The zero-order valence-corrected chi connectivity index (χ0v) is 30.9. The van der Waals surface area contributed by atoms with E-state index in [1.165, 1.54) is 16.7 Å². The summed E-state index contributed by atoms with van der Waals surface area (Å²) in [5.74, 6) is -3.23. The first-order valence-corrected chi connectivity index (χ1v) is 14.0. The van der Waals surface area contributed by atoms with Gasteiger partial charge in [0.05, 0.1) is 17.9 Å². The van der Waals surface area contributed by atoms with Crippen LogP contribution in [0.2, 0.25) is 0 Å². The number of rotatable bonds is 3. The Kier molecular flexibility index (Phi) is 14.3. The molecule has 3 aromatic rings. The molecule has 7 heteroatoms. The number of carbonyl (C=O) groups excluding carboxylic acids is 3. The molecule has 3 aromatic carbocycles. The molecule has 0 saturated heterocycles.